The van der Waals surface area contributed by atoms with Gasteiger partial charge >= 0.3 is 6.18 Å². The third kappa shape index (κ3) is 2.81. The minimum absolute atomic E-state index is 0.0286. The number of hydrogen-bond donors (Lipinski definition) is 0. The van der Waals surface area contributed by atoms with Crippen molar-refractivity contribution in [3.05, 3.63) is 35.5 Å². The van der Waals surface area contributed by atoms with Crippen molar-refractivity contribution >= 4 is 5.91 Å². The summed E-state index contributed by atoms with van der Waals surface area (Å²) in [7, 11) is 0. The molecule has 0 aromatic carbocycles. The van der Waals surface area contributed by atoms with Gasteiger partial charge in [0.05, 0.1) is 11.3 Å². The lowest BCUT2D eigenvalue weighted by atomic mass is 10.1. The second kappa shape index (κ2) is 5.81. The van der Waals surface area contributed by atoms with Crippen molar-refractivity contribution in [3.8, 4) is 11.3 Å². The molecule has 2 saturated carbocycles. The Hall–Kier alpha value is -2.38. The van der Waals surface area contributed by atoms with E-state index in [1.54, 1.807) is 6.92 Å². The molecule has 2 aromatic heterocycles. The van der Waals surface area contributed by atoms with E-state index in [1.807, 2.05) is 11.1 Å². The van der Waals surface area contributed by atoms with Crippen molar-refractivity contribution < 1.29 is 18.0 Å². The van der Waals surface area contributed by atoms with Gasteiger partial charge < -0.3 is 9.47 Å². The van der Waals surface area contributed by atoms with E-state index in [0.29, 0.717) is 35.1 Å². The van der Waals surface area contributed by atoms with Gasteiger partial charge in [-0.1, -0.05) is 0 Å². The van der Waals surface area contributed by atoms with Gasteiger partial charge in [-0.25, -0.2) is 4.98 Å². The van der Waals surface area contributed by atoms with Crippen LogP contribution < -0.4 is 0 Å². The number of fused-ring (bicyclic) bond motifs is 1. The number of pyridine rings is 1. The number of likely N-dealkylation sites (tertiary alicyclic amines) is 1. The largest absolute Gasteiger partial charge is 0.418 e. The van der Waals surface area contributed by atoms with Crippen molar-refractivity contribution in [1.29, 1.82) is 0 Å². The number of aromatic nitrogens is 3. The van der Waals surface area contributed by atoms with E-state index in [1.165, 1.54) is 13.1 Å². The zero-order chi connectivity index (χ0) is 19.8. The maximum atomic E-state index is 13.3. The third-order valence-electron chi connectivity index (χ3n) is 6.31. The van der Waals surface area contributed by atoms with Crippen LogP contribution in [0.1, 0.15) is 48.8 Å². The number of amides is 1. The highest BCUT2D eigenvalue weighted by Crippen LogP contribution is 2.57. The summed E-state index contributed by atoms with van der Waals surface area (Å²) in [4.78, 5) is 22.1. The van der Waals surface area contributed by atoms with Crippen molar-refractivity contribution in [2.45, 2.75) is 44.8 Å². The van der Waals surface area contributed by atoms with Crippen LogP contribution in [0.15, 0.2) is 18.5 Å². The molecule has 0 radical (unpaired) electrons. The standard InChI is InChI=1S/C20H21F3N4O/c1-10-16(20(21,22)23)5-13(6-24-10)17-9-27(19(25-17)12-3-4-12)18-14-7-26(11(2)28)8-15(14)18/h5-6,9,12,14-15,18H,3-4,7-8H2,1-2H3/t14-,15+,18?. The number of halogens is 3. The van der Waals surface area contributed by atoms with Crippen LogP contribution in [-0.2, 0) is 11.0 Å². The number of hydrogen-bond acceptors (Lipinski definition) is 3. The Morgan fingerprint density at radius 3 is 2.46 bits per heavy atom. The van der Waals surface area contributed by atoms with Gasteiger partial charge in [-0.3, -0.25) is 9.78 Å². The predicted octanol–water partition coefficient (Wildman–Crippen LogP) is 3.80. The molecular formula is C20H21F3N4O. The quantitative estimate of drug-likeness (QED) is 0.801. The summed E-state index contributed by atoms with van der Waals surface area (Å²) in [6.45, 7) is 4.47. The Labute approximate surface area is 160 Å². The van der Waals surface area contributed by atoms with Crippen molar-refractivity contribution in [2.24, 2.45) is 11.8 Å². The lowest BCUT2D eigenvalue weighted by Crippen LogP contribution is -2.29. The lowest BCUT2D eigenvalue weighted by Gasteiger charge is -2.19. The van der Waals surface area contributed by atoms with E-state index >= 15 is 0 Å². The first-order valence-corrected chi connectivity index (χ1v) is 9.62. The Morgan fingerprint density at radius 1 is 1.21 bits per heavy atom. The first-order valence-electron chi connectivity index (χ1n) is 9.62. The summed E-state index contributed by atoms with van der Waals surface area (Å²) >= 11 is 0. The molecule has 0 bridgehead atoms. The maximum absolute atomic E-state index is 13.3. The van der Waals surface area contributed by atoms with Crippen LogP contribution in [0, 0.1) is 18.8 Å². The average molecular weight is 390 g/mol. The summed E-state index contributed by atoms with van der Waals surface area (Å²) in [6, 6.07) is 1.45. The Kier molecular flexibility index (Phi) is 3.67. The maximum Gasteiger partial charge on any atom is 0.418 e. The lowest BCUT2D eigenvalue weighted by molar-refractivity contribution is -0.138. The van der Waals surface area contributed by atoms with Crippen molar-refractivity contribution in [3.63, 3.8) is 0 Å². The fourth-order valence-corrected chi connectivity index (χ4v) is 4.55. The predicted molar refractivity (Wildman–Crippen MR) is 95.4 cm³/mol. The zero-order valence-electron chi connectivity index (χ0n) is 15.7. The van der Waals surface area contributed by atoms with Gasteiger partial charge in [0.1, 0.15) is 5.82 Å². The van der Waals surface area contributed by atoms with Gasteiger partial charge in [0, 0.05) is 67.5 Å². The molecule has 2 aliphatic carbocycles. The fraction of sp³-hybridized carbons (Fsp3) is 0.550. The number of alkyl halides is 3. The highest BCUT2D eigenvalue weighted by Gasteiger charge is 2.58. The minimum atomic E-state index is -4.43. The van der Waals surface area contributed by atoms with Crippen molar-refractivity contribution in [2.75, 3.05) is 13.1 Å². The molecule has 3 fully saturated rings. The first-order chi connectivity index (χ1) is 13.2. The molecule has 0 spiro atoms. The van der Waals surface area contributed by atoms with Crippen LogP contribution in [0.2, 0.25) is 0 Å². The second-order valence-electron chi connectivity index (χ2n) is 8.26. The van der Waals surface area contributed by atoms with Crippen LogP contribution in [0.4, 0.5) is 13.2 Å². The molecule has 28 heavy (non-hydrogen) atoms. The summed E-state index contributed by atoms with van der Waals surface area (Å²) in [5.41, 5.74) is 0.204. The smallest absolute Gasteiger partial charge is 0.342 e. The van der Waals surface area contributed by atoms with Gasteiger partial charge in [0.2, 0.25) is 5.91 Å². The number of aryl methyl sites for hydroxylation is 1. The molecule has 1 saturated heterocycles. The molecule has 2 aromatic rings. The van der Waals surface area contributed by atoms with Gasteiger partial charge in [-0.15, -0.1) is 0 Å². The topological polar surface area (TPSA) is 51.0 Å². The summed E-state index contributed by atoms with van der Waals surface area (Å²) in [6.07, 6.45) is 1.06. The number of imidazole rings is 1. The molecule has 5 nitrogen and oxygen atoms in total. The highest BCUT2D eigenvalue weighted by molar-refractivity contribution is 5.74. The van der Waals surface area contributed by atoms with E-state index in [-0.39, 0.29) is 11.6 Å². The second-order valence-corrected chi connectivity index (χ2v) is 8.26. The van der Waals surface area contributed by atoms with E-state index in [9.17, 15) is 18.0 Å². The third-order valence-corrected chi connectivity index (χ3v) is 6.31. The summed E-state index contributed by atoms with van der Waals surface area (Å²) in [5.74, 6) is 2.30. The van der Waals surface area contributed by atoms with E-state index in [0.717, 1.165) is 37.8 Å². The monoisotopic (exact) mass is 390 g/mol. The molecule has 8 heteroatoms. The normalized spacial score (nSPS) is 26.5. The molecule has 3 atom stereocenters. The molecule has 1 aliphatic heterocycles. The van der Waals surface area contributed by atoms with Crippen LogP contribution in [0.3, 0.4) is 0 Å². The zero-order valence-corrected chi connectivity index (χ0v) is 15.7. The molecule has 1 amide bonds. The SMILES string of the molecule is CC(=O)N1C[C@@H]2C(n3cc(-c4cnc(C)c(C(F)(F)F)c4)nc3C3CC3)[C@@H]2C1. The highest BCUT2D eigenvalue weighted by atomic mass is 19.4. The fourth-order valence-electron chi connectivity index (χ4n) is 4.55. The van der Waals surface area contributed by atoms with Gasteiger partial charge in [0.15, 0.2) is 0 Å². The summed E-state index contributed by atoms with van der Waals surface area (Å²) < 4.78 is 42.0. The van der Waals surface area contributed by atoms with Gasteiger partial charge in [0.25, 0.3) is 0 Å². The van der Waals surface area contributed by atoms with Crippen LogP contribution in [-0.4, -0.2) is 38.4 Å². The Bertz CT molecular complexity index is 951. The number of carbonyl (C=O) groups is 1. The molecular weight excluding hydrogens is 369 g/mol. The van der Waals surface area contributed by atoms with Gasteiger partial charge in [-0.2, -0.15) is 13.2 Å². The molecule has 3 heterocycles. The van der Waals surface area contributed by atoms with Crippen LogP contribution in [0.25, 0.3) is 11.3 Å². The molecule has 0 N–H and O–H groups in total. The number of carbonyl (C=O) groups excluding carboxylic acids is 1. The molecule has 5 rings (SSSR count). The average Bonchev–Trinajstić information content (AvgIpc) is 3.49. The Balaban J connectivity index is 1.47. The molecule has 148 valence electrons. The van der Waals surface area contributed by atoms with Crippen LogP contribution in [0.5, 0.6) is 0 Å². The number of rotatable bonds is 3. The van der Waals surface area contributed by atoms with E-state index < -0.39 is 11.7 Å². The van der Waals surface area contributed by atoms with E-state index in [2.05, 4.69) is 9.55 Å². The minimum Gasteiger partial charge on any atom is -0.342 e. The number of nitrogens with zero attached hydrogens (tertiary/aromatic N) is 4. The Morgan fingerprint density at radius 2 is 1.89 bits per heavy atom. The number of piperidine rings is 1. The van der Waals surface area contributed by atoms with Crippen molar-refractivity contribution in [1.82, 2.24) is 19.4 Å². The summed E-state index contributed by atoms with van der Waals surface area (Å²) in [5, 5.41) is 0. The van der Waals surface area contributed by atoms with E-state index in [4.69, 9.17) is 4.98 Å². The molecule has 1 unspecified atom stereocenters. The van der Waals surface area contributed by atoms with Gasteiger partial charge in [-0.05, 0) is 25.8 Å². The van der Waals surface area contributed by atoms with Crippen LogP contribution >= 0.6 is 0 Å². The first kappa shape index (κ1) is 17.7. The molecule has 3 aliphatic rings.